The summed E-state index contributed by atoms with van der Waals surface area (Å²) in [6.45, 7) is 6.33. The van der Waals surface area contributed by atoms with Gasteiger partial charge in [-0.05, 0) is 0 Å². The zero-order chi connectivity index (χ0) is 21.3. The Labute approximate surface area is 203 Å². The predicted molar refractivity (Wildman–Crippen MR) is 114 cm³/mol. The highest BCUT2D eigenvalue weighted by Gasteiger charge is 2.25. The van der Waals surface area contributed by atoms with Crippen LogP contribution in [0.3, 0.4) is 0 Å². The number of aliphatic hydroxyl groups excluding tert-OH is 1. The molecule has 1 saturated heterocycles. The second-order valence-corrected chi connectivity index (χ2v) is 7.69. The first-order valence-corrected chi connectivity index (χ1v) is 10.4. The van der Waals surface area contributed by atoms with Crippen molar-refractivity contribution in [2.24, 2.45) is 0 Å². The molecule has 3 rings (SSSR count). The Hall–Kier alpha value is -1.90. The average Bonchev–Trinajstić information content (AvgIpc) is 2.78. The van der Waals surface area contributed by atoms with Gasteiger partial charge in [0.1, 0.15) is 57.7 Å². The van der Waals surface area contributed by atoms with Crippen LogP contribution < -0.4 is 53.6 Å². The second-order valence-electron chi connectivity index (χ2n) is 7.69. The van der Waals surface area contributed by atoms with Crippen molar-refractivity contribution in [1.29, 1.82) is 0 Å². The highest BCUT2D eigenvalue weighted by Crippen LogP contribution is 2.40. The van der Waals surface area contributed by atoms with E-state index in [0.717, 1.165) is 32.7 Å². The Balaban J connectivity index is 0.00000256. The van der Waals surface area contributed by atoms with Crippen LogP contribution >= 0.6 is 0 Å². The maximum absolute atomic E-state index is 10.5. The van der Waals surface area contributed by atoms with Crippen LogP contribution in [0.4, 0.5) is 0 Å². The zero-order valence-electron chi connectivity index (χ0n) is 18.9. The van der Waals surface area contributed by atoms with Gasteiger partial charge >= 0.3 is 0 Å². The summed E-state index contributed by atoms with van der Waals surface area (Å²) in [7, 11) is 4.70. The monoisotopic (exact) mass is 488 g/mol. The van der Waals surface area contributed by atoms with E-state index in [4.69, 9.17) is 18.9 Å². The number of ether oxygens (including phenoxy) is 4. The number of rotatable bonds is 10. The van der Waals surface area contributed by atoms with Gasteiger partial charge in [0.15, 0.2) is 11.5 Å². The lowest BCUT2D eigenvalue weighted by atomic mass is 10.2. The molecule has 2 aromatic carbocycles. The van der Waals surface area contributed by atoms with E-state index in [2.05, 4.69) is 30.3 Å². The normalized spacial score (nSPS) is 18.5. The summed E-state index contributed by atoms with van der Waals surface area (Å²) in [6.07, 6.45) is -0.533. The summed E-state index contributed by atoms with van der Waals surface area (Å²) in [5, 5.41) is 10.5. The first-order chi connectivity index (χ1) is 14.6. The Morgan fingerprint density at radius 1 is 0.844 bits per heavy atom. The molecule has 1 heterocycles. The molecule has 0 amide bonds. The molecule has 1 unspecified atom stereocenters. The molecule has 3 N–H and O–H groups in total. The molecular formula is C23H34Cl2N2O5. The average molecular weight is 489 g/mol. The summed E-state index contributed by atoms with van der Waals surface area (Å²) >= 11 is 0. The fraction of sp³-hybridized carbons (Fsp3) is 0.478. The minimum Gasteiger partial charge on any atom is -1.00 e. The van der Waals surface area contributed by atoms with Gasteiger partial charge in [-0.2, -0.15) is 0 Å². The SMILES string of the molecule is COc1cc(OCC(O)C[NH+]2CC[NH+](Cc3ccccc3)CC2)cc(OC)c1OC.[Cl-].[Cl-]. The number of nitrogens with one attached hydrogen (secondary N) is 2. The molecule has 0 aliphatic carbocycles. The van der Waals surface area contributed by atoms with Gasteiger partial charge in [-0.15, -0.1) is 0 Å². The summed E-state index contributed by atoms with van der Waals surface area (Å²) in [4.78, 5) is 3.03. The van der Waals surface area contributed by atoms with E-state index < -0.39 is 6.10 Å². The standard InChI is InChI=1S/C23H32N2O5.2ClH/c1-27-21-13-20(14-22(28-2)23(21)29-3)30-17-19(26)16-25-11-9-24(10-12-25)15-18-7-5-4-6-8-18;;/h4-8,13-14,19,26H,9-12,15-17H2,1-3H3;2*1H. The van der Waals surface area contributed by atoms with Crippen molar-refractivity contribution in [2.45, 2.75) is 12.6 Å². The maximum Gasteiger partial charge on any atom is 0.203 e. The van der Waals surface area contributed by atoms with Gasteiger partial charge in [0.25, 0.3) is 0 Å². The minimum atomic E-state index is -0.533. The molecule has 0 aromatic heterocycles. The second kappa shape index (κ2) is 14.3. The third-order valence-corrected chi connectivity index (χ3v) is 5.57. The van der Waals surface area contributed by atoms with Gasteiger partial charge in [0.2, 0.25) is 5.75 Å². The molecule has 32 heavy (non-hydrogen) atoms. The first-order valence-electron chi connectivity index (χ1n) is 10.4. The van der Waals surface area contributed by atoms with E-state index in [0.29, 0.717) is 29.5 Å². The maximum atomic E-state index is 10.5. The van der Waals surface area contributed by atoms with Crippen LogP contribution in [0.5, 0.6) is 23.0 Å². The van der Waals surface area contributed by atoms with Crippen LogP contribution in [-0.2, 0) is 6.54 Å². The van der Waals surface area contributed by atoms with E-state index >= 15 is 0 Å². The minimum absolute atomic E-state index is 0. The fourth-order valence-electron chi connectivity index (χ4n) is 3.95. The predicted octanol–water partition coefficient (Wildman–Crippen LogP) is -6.56. The van der Waals surface area contributed by atoms with Crippen molar-refractivity contribution in [2.75, 3.05) is 60.7 Å². The number of quaternary nitrogens is 2. The lowest BCUT2D eigenvalue weighted by Gasteiger charge is -2.30. The Morgan fingerprint density at radius 2 is 1.41 bits per heavy atom. The Morgan fingerprint density at radius 3 is 1.94 bits per heavy atom. The van der Waals surface area contributed by atoms with Gasteiger partial charge in [-0.3, -0.25) is 0 Å². The van der Waals surface area contributed by atoms with Crippen LogP contribution in [-0.4, -0.2) is 71.9 Å². The highest BCUT2D eigenvalue weighted by molar-refractivity contribution is 5.55. The molecule has 180 valence electrons. The summed E-state index contributed by atoms with van der Waals surface area (Å²) in [5.41, 5.74) is 1.38. The summed E-state index contributed by atoms with van der Waals surface area (Å²) in [5.74, 6) is 2.16. The van der Waals surface area contributed by atoms with Crippen molar-refractivity contribution in [3.63, 3.8) is 0 Å². The molecule has 1 aliphatic heterocycles. The molecule has 2 aromatic rings. The van der Waals surface area contributed by atoms with Crippen LogP contribution in [0.25, 0.3) is 0 Å². The van der Waals surface area contributed by atoms with E-state index in [1.807, 2.05) is 0 Å². The first kappa shape index (κ1) is 28.1. The largest absolute Gasteiger partial charge is 1.00 e. The van der Waals surface area contributed by atoms with Gasteiger partial charge < -0.3 is 58.7 Å². The van der Waals surface area contributed by atoms with Crippen LogP contribution in [0, 0.1) is 0 Å². The fourth-order valence-corrected chi connectivity index (χ4v) is 3.95. The molecule has 0 bridgehead atoms. The lowest BCUT2D eigenvalue weighted by Crippen LogP contribution is -3.28. The molecule has 0 radical (unpaired) electrons. The summed E-state index contributed by atoms with van der Waals surface area (Å²) < 4.78 is 21.8. The topological polar surface area (TPSA) is 66.0 Å². The molecule has 1 aliphatic rings. The zero-order valence-corrected chi connectivity index (χ0v) is 20.4. The third kappa shape index (κ3) is 7.90. The number of hydrogen-bond donors (Lipinski definition) is 3. The molecule has 0 spiro atoms. The van der Waals surface area contributed by atoms with Crippen LogP contribution in [0.1, 0.15) is 5.56 Å². The third-order valence-electron chi connectivity index (χ3n) is 5.57. The van der Waals surface area contributed by atoms with E-state index in [1.165, 1.54) is 10.5 Å². The van der Waals surface area contributed by atoms with Crippen LogP contribution in [0.15, 0.2) is 42.5 Å². The van der Waals surface area contributed by atoms with E-state index in [1.54, 1.807) is 38.4 Å². The molecule has 7 nitrogen and oxygen atoms in total. The van der Waals surface area contributed by atoms with Gasteiger partial charge in [-0.25, -0.2) is 0 Å². The van der Waals surface area contributed by atoms with Crippen molar-refractivity contribution in [3.8, 4) is 23.0 Å². The Bertz CT molecular complexity index is 764. The molecule has 1 fully saturated rings. The molecule has 0 saturated carbocycles. The number of hydrogen-bond acceptors (Lipinski definition) is 5. The Kier molecular flexibility index (Phi) is 12.6. The van der Waals surface area contributed by atoms with Crippen molar-refractivity contribution in [3.05, 3.63) is 48.0 Å². The van der Waals surface area contributed by atoms with Gasteiger partial charge in [0, 0.05) is 17.7 Å². The van der Waals surface area contributed by atoms with Crippen LogP contribution in [0.2, 0.25) is 0 Å². The van der Waals surface area contributed by atoms with Crippen molar-refractivity contribution in [1.82, 2.24) is 0 Å². The van der Waals surface area contributed by atoms with E-state index in [9.17, 15) is 5.11 Å². The number of halogens is 2. The number of benzene rings is 2. The molecule has 1 atom stereocenters. The van der Waals surface area contributed by atoms with Crippen molar-refractivity contribution < 1.29 is 58.7 Å². The number of piperazine rings is 1. The van der Waals surface area contributed by atoms with E-state index in [-0.39, 0.29) is 31.4 Å². The smallest absolute Gasteiger partial charge is 0.203 e. The quantitative estimate of drug-likeness (QED) is 0.310. The number of methoxy groups -OCH3 is 3. The lowest BCUT2D eigenvalue weighted by molar-refractivity contribution is -1.02. The molecule has 9 heteroatoms. The highest BCUT2D eigenvalue weighted by atomic mass is 35.5. The number of aliphatic hydroxyl groups is 1. The van der Waals surface area contributed by atoms with Gasteiger partial charge in [-0.1, -0.05) is 30.3 Å². The summed E-state index contributed by atoms with van der Waals surface area (Å²) in [6, 6.07) is 14.1. The van der Waals surface area contributed by atoms with Gasteiger partial charge in [0.05, 0.1) is 21.3 Å². The van der Waals surface area contributed by atoms with Crippen molar-refractivity contribution >= 4 is 0 Å². The molecular weight excluding hydrogens is 455 g/mol.